The Kier molecular flexibility index (Phi) is 2.73. The Morgan fingerprint density at radius 3 is 2.92 bits per heavy atom. The second-order valence-electron chi connectivity index (χ2n) is 2.78. The Balaban J connectivity index is 2.69. The maximum atomic E-state index is 8.31. The van der Waals surface area contributed by atoms with E-state index in [-0.39, 0.29) is 12.3 Å². The molecule has 0 aliphatic rings. The fourth-order valence-electron chi connectivity index (χ4n) is 0.804. The van der Waals surface area contributed by atoms with Gasteiger partial charge in [-0.2, -0.15) is 4.98 Å². The maximum Gasteiger partial charge on any atom is 0.296 e. The molecule has 0 amide bonds. The van der Waals surface area contributed by atoms with Crippen molar-refractivity contribution in [2.75, 3.05) is 19.0 Å². The summed E-state index contributed by atoms with van der Waals surface area (Å²) >= 11 is 0. The predicted octanol–water partition coefficient (Wildman–Crippen LogP) is 0.0295. The van der Waals surface area contributed by atoms with Crippen LogP contribution in [0.5, 0.6) is 0 Å². The molecule has 0 saturated heterocycles. The molecule has 13 heavy (non-hydrogen) atoms. The number of nitrogens with zero attached hydrogens (tertiary/aromatic N) is 3. The van der Waals surface area contributed by atoms with E-state index in [1.807, 2.05) is 14.1 Å². The average molecular weight is 184 g/mol. The number of rotatable bonds is 3. The van der Waals surface area contributed by atoms with Gasteiger partial charge >= 0.3 is 0 Å². The first-order valence-corrected chi connectivity index (χ1v) is 3.71. The molecule has 0 bridgehead atoms. The number of amidine groups is 1. The zero-order valence-electron chi connectivity index (χ0n) is 7.56. The second kappa shape index (κ2) is 3.79. The van der Waals surface area contributed by atoms with Gasteiger partial charge in [0.2, 0.25) is 0 Å². The first-order chi connectivity index (χ1) is 6.13. The SMILES string of the molecule is CN(C)c1nc(C/C(N)=N/O)co1. The molecule has 6 heteroatoms. The van der Waals surface area contributed by atoms with Crippen molar-refractivity contribution in [3.8, 4) is 0 Å². The Morgan fingerprint density at radius 1 is 1.77 bits per heavy atom. The van der Waals surface area contributed by atoms with Crippen LogP contribution in [0.15, 0.2) is 15.8 Å². The van der Waals surface area contributed by atoms with Crippen molar-refractivity contribution in [3.05, 3.63) is 12.0 Å². The Morgan fingerprint density at radius 2 is 2.46 bits per heavy atom. The fourth-order valence-corrected chi connectivity index (χ4v) is 0.804. The number of nitrogens with two attached hydrogens (primary N) is 1. The molecule has 0 fully saturated rings. The zero-order chi connectivity index (χ0) is 9.84. The summed E-state index contributed by atoms with van der Waals surface area (Å²) < 4.78 is 5.09. The van der Waals surface area contributed by atoms with Gasteiger partial charge in [-0.1, -0.05) is 5.16 Å². The number of oxime groups is 1. The fraction of sp³-hybridized carbons (Fsp3) is 0.429. The summed E-state index contributed by atoms with van der Waals surface area (Å²) in [6.07, 6.45) is 1.77. The lowest BCUT2D eigenvalue weighted by atomic mass is 10.3. The van der Waals surface area contributed by atoms with E-state index in [0.29, 0.717) is 11.7 Å². The minimum absolute atomic E-state index is 0.110. The maximum absolute atomic E-state index is 8.31. The summed E-state index contributed by atoms with van der Waals surface area (Å²) in [6.45, 7) is 0. The Bertz CT molecular complexity index is 305. The number of oxazole rings is 1. The molecule has 1 rings (SSSR count). The number of anilines is 1. The van der Waals surface area contributed by atoms with Gasteiger partial charge in [0.1, 0.15) is 12.1 Å². The third-order valence-electron chi connectivity index (χ3n) is 1.41. The highest BCUT2D eigenvalue weighted by atomic mass is 16.4. The van der Waals surface area contributed by atoms with Crippen molar-refractivity contribution >= 4 is 11.9 Å². The van der Waals surface area contributed by atoms with E-state index in [1.54, 1.807) is 4.90 Å². The molecule has 0 aliphatic carbocycles. The van der Waals surface area contributed by atoms with Crippen LogP contribution >= 0.6 is 0 Å². The molecule has 0 atom stereocenters. The lowest BCUT2D eigenvalue weighted by molar-refractivity contribution is 0.317. The number of hydrogen-bond donors (Lipinski definition) is 2. The van der Waals surface area contributed by atoms with Gasteiger partial charge in [-0.25, -0.2) is 0 Å². The lowest BCUT2D eigenvalue weighted by Gasteiger charge is -2.03. The van der Waals surface area contributed by atoms with Crippen LogP contribution in [0.3, 0.4) is 0 Å². The molecule has 0 aromatic carbocycles. The summed E-state index contributed by atoms with van der Waals surface area (Å²) in [5, 5.41) is 11.1. The van der Waals surface area contributed by atoms with Gasteiger partial charge in [0.15, 0.2) is 0 Å². The van der Waals surface area contributed by atoms with E-state index in [0.717, 1.165) is 0 Å². The molecule has 0 unspecified atom stereocenters. The monoisotopic (exact) mass is 184 g/mol. The van der Waals surface area contributed by atoms with Crippen molar-refractivity contribution in [1.29, 1.82) is 0 Å². The van der Waals surface area contributed by atoms with Gasteiger partial charge in [0.25, 0.3) is 6.01 Å². The van der Waals surface area contributed by atoms with Crippen LogP contribution in [0, 0.1) is 0 Å². The van der Waals surface area contributed by atoms with E-state index in [2.05, 4.69) is 10.1 Å². The molecule has 1 heterocycles. The summed E-state index contributed by atoms with van der Waals surface area (Å²) in [5.74, 6) is 0.110. The van der Waals surface area contributed by atoms with Gasteiger partial charge in [-0.05, 0) is 0 Å². The Hall–Kier alpha value is -1.72. The largest absolute Gasteiger partial charge is 0.432 e. The summed E-state index contributed by atoms with van der Waals surface area (Å²) in [5.41, 5.74) is 5.93. The van der Waals surface area contributed by atoms with Gasteiger partial charge in [-0.3, -0.25) is 0 Å². The molecule has 3 N–H and O–H groups in total. The van der Waals surface area contributed by atoms with Crippen molar-refractivity contribution in [3.63, 3.8) is 0 Å². The van der Waals surface area contributed by atoms with Crippen LogP contribution in [0.2, 0.25) is 0 Å². The minimum Gasteiger partial charge on any atom is -0.432 e. The minimum atomic E-state index is 0.110. The molecule has 0 spiro atoms. The predicted molar refractivity (Wildman–Crippen MR) is 47.9 cm³/mol. The quantitative estimate of drug-likeness (QED) is 0.299. The molecule has 1 aromatic rings. The van der Waals surface area contributed by atoms with E-state index >= 15 is 0 Å². The molecule has 6 nitrogen and oxygen atoms in total. The highest BCUT2D eigenvalue weighted by molar-refractivity contribution is 5.81. The molecular weight excluding hydrogens is 172 g/mol. The molecule has 0 saturated carbocycles. The molecule has 72 valence electrons. The first kappa shape index (κ1) is 9.37. The molecule has 0 aliphatic heterocycles. The number of hydrogen-bond acceptors (Lipinski definition) is 5. The first-order valence-electron chi connectivity index (χ1n) is 3.71. The highest BCUT2D eigenvalue weighted by Gasteiger charge is 2.06. The van der Waals surface area contributed by atoms with Crippen LogP contribution in [0.1, 0.15) is 5.69 Å². The topological polar surface area (TPSA) is 87.9 Å². The molecule has 0 radical (unpaired) electrons. The van der Waals surface area contributed by atoms with Crippen LogP contribution in [0.25, 0.3) is 0 Å². The third kappa shape index (κ3) is 2.36. The highest BCUT2D eigenvalue weighted by Crippen LogP contribution is 2.10. The normalized spacial score (nSPS) is 11.7. The van der Waals surface area contributed by atoms with E-state index in [9.17, 15) is 0 Å². The van der Waals surface area contributed by atoms with Crippen LogP contribution in [-0.4, -0.2) is 30.1 Å². The zero-order valence-corrected chi connectivity index (χ0v) is 7.56. The van der Waals surface area contributed by atoms with Crippen LogP contribution in [0.4, 0.5) is 6.01 Å². The van der Waals surface area contributed by atoms with E-state index in [1.165, 1.54) is 6.26 Å². The van der Waals surface area contributed by atoms with Gasteiger partial charge < -0.3 is 20.3 Å². The summed E-state index contributed by atoms with van der Waals surface area (Å²) in [4.78, 5) is 5.82. The van der Waals surface area contributed by atoms with E-state index < -0.39 is 0 Å². The van der Waals surface area contributed by atoms with Crippen LogP contribution in [-0.2, 0) is 6.42 Å². The number of aromatic nitrogens is 1. The van der Waals surface area contributed by atoms with Crippen LogP contribution < -0.4 is 10.6 Å². The Labute approximate surface area is 75.6 Å². The summed E-state index contributed by atoms with van der Waals surface area (Å²) in [6, 6.07) is 0.501. The van der Waals surface area contributed by atoms with Crippen molar-refractivity contribution in [2.24, 2.45) is 10.9 Å². The molecular formula is C7H12N4O2. The third-order valence-corrected chi connectivity index (χ3v) is 1.41. The average Bonchev–Trinajstić information content (AvgIpc) is 2.52. The van der Waals surface area contributed by atoms with Gasteiger partial charge in [0.05, 0.1) is 12.1 Å². The second-order valence-corrected chi connectivity index (χ2v) is 2.78. The van der Waals surface area contributed by atoms with Crippen molar-refractivity contribution in [2.45, 2.75) is 6.42 Å². The van der Waals surface area contributed by atoms with Crippen molar-refractivity contribution in [1.82, 2.24) is 4.98 Å². The standard InChI is InChI=1S/C7H12N4O2/c1-11(2)7-9-5(4-13-7)3-6(8)10-12/h4,12H,3H2,1-2H3,(H2,8,10). The smallest absolute Gasteiger partial charge is 0.296 e. The lowest BCUT2D eigenvalue weighted by Crippen LogP contribution is -2.15. The van der Waals surface area contributed by atoms with Crippen molar-refractivity contribution < 1.29 is 9.62 Å². The summed E-state index contributed by atoms with van der Waals surface area (Å²) in [7, 11) is 3.64. The van der Waals surface area contributed by atoms with E-state index in [4.69, 9.17) is 15.4 Å². The van der Waals surface area contributed by atoms with Gasteiger partial charge in [0, 0.05) is 14.1 Å². The van der Waals surface area contributed by atoms with Gasteiger partial charge in [-0.15, -0.1) is 0 Å². The molecule has 1 aromatic heterocycles.